The topological polar surface area (TPSA) is 12.0 Å². The van der Waals surface area contributed by atoms with E-state index in [9.17, 15) is 0 Å². The predicted molar refractivity (Wildman–Crippen MR) is 61.7 cm³/mol. The molecule has 1 fully saturated rings. The van der Waals surface area contributed by atoms with Gasteiger partial charge in [-0.15, -0.1) is 0 Å². The molecule has 0 saturated carbocycles. The molecule has 0 aromatic heterocycles. The fraction of sp³-hybridized carbons (Fsp3) is 1.00. The molecular formula is C11H24BN. The van der Waals surface area contributed by atoms with Crippen LogP contribution in [0.15, 0.2) is 0 Å². The van der Waals surface area contributed by atoms with E-state index in [2.05, 4.69) is 39.7 Å². The van der Waals surface area contributed by atoms with Crippen LogP contribution in [0.3, 0.4) is 0 Å². The van der Waals surface area contributed by atoms with Crippen molar-refractivity contribution in [3.63, 3.8) is 0 Å². The molecule has 1 rings (SSSR count). The summed E-state index contributed by atoms with van der Waals surface area (Å²) < 4.78 is 0. The lowest BCUT2D eigenvalue weighted by molar-refractivity contribution is 0.287. The Morgan fingerprint density at radius 3 is 2.31 bits per heavy atom. The van der Waals surface area contributed by atoms with Crippen LogP contribution in [-0.4, -0.2) is 18.8 Å². The summed E-state index contributed by atoms with van der Waals surface area (Å²) in [5.74, 6) is 0. The Bertz CT molecular complexity index is 165. The quantitative estimate of drug-likeness (QED) is 0.660. The summed E-state index contributed by atoms with van der Waals surface area (Å²) in [5.41, 5.74) is 0.471. The van der Waals surface area contributed by atoms with Crippen molar-refractivity contribution in [2.45, 2.75) is 65.7 Å². The van der Waals surface area contributed by atoms with Crippen molar-refractivity contribution in [2.75, 3.05) is 0 Å². The smallest absolute Gasteiger partial charge is 0.134 e. The highest BCUT2D eigenvalue weighted by molar-refractivity contribution is 6.55. The van der Waals surface area contributed by atoms with Crippen LogP contribution in [0.4, 0.5) is 0 Å². The third-order valence-corrected chi connectivity index (χ3v) is 3.25. The first kappa shape index (κ1) is 11.1. The van der Waals surface area contributed by atoms with Crippen molar-refractivity contribution in [2.24, 2.45) is 5.41 Å². The molecule has 0 aliphatic carbocycles. The minimum absolute atomic E-state index is 0.471. The van der Waals surface area contributed by atoms with Gasteiger partial charge in [0.2, 0.25) is 0 Å². The van der Waals surface area contributed by atoms with E-state index in [4.69, 9.17) is 0 Å². The normalized spacial score (nSPS) is 29.3. The van der Waals surface area contributed by atoms with Gasteiger partial charge in [-0.2, -0.15) is 0 Å². The Morgan fingerprint density at radius 1 is 1.31 bits per heavy atom. The summed E-state index contributed by atoms with van der Waals surface area (Å²) in [6, 6.07) is 1.47. The molecule has 0 bridgehead atoms. The number of rotatable bonds is 3. The average molecular weight is 181 g/mol. The fourth-order valence-electron chi connectivity index (χ4n) is 2.74. The second-order valence-electron chi connectivity index (χ2n) is 5.78. The van der Waals surface area contributed by atoms with Crippen LogP contribution in [0, 0.1) is 5.41 Å². The Hall–Kier alpha value is 0.0249. The zero-order chi connectivity index (χ0) is 10.1. The van der Waals surface area contributed by atoms with Gasteiger partial charge in [0.25, 0.3) is 0 Å². The zero-order valence-electron chi connectivity index (χ0n) is 9.85. The highest BCUT2D eigenvalue weighted by Gasteiger charge is 2.34. The molecular weight excluding hydrogens is 157 g/mol. The van der Waals surface area contributed by atoms with E-state index >= 15 is 0 Å². The van der Waals surface area contributed by atoms with E-state index in [1.807, 2.05) is 0 Å². The summed E-state index contributed by atoms with van der Waals surface area (Å²) >= 11 is 0. The van der Waals surface area contributed by atoms with Gasteiger partial charge in [-0.05, 0) is 25.2 Å². The molecule has 0 spiro atoms. The standard InChI is InChI=1S/C11H24BN/c1-9-6-7-10(13-9)11(2,3)8-12(4)5/h9-10,13H,6-8H2,1-5H3. The lowest BCUT2D eigenvalue weighted by Gasteiger charge is -2.33. The fourth-order valence-corrected chi connectivity index (χ4v) is 2.74. The van der Waals surface area contributed by atoms with Gasteiger partial charge in [0.1, 0.15) is 6.71 Å². The minimum Gasteiger partial charge on any atom is -0.311 e. The molecule has 0 aromatic carbocycles. The summed E-state index contributed by atoms with van der Waals surface area (Å²) in [7, 11) is 0. The Balaban J connectivity index is 2.49. The predicted octanol–water partition coefficient (Wildman–Crippen LogP) is 2.91. The maximum Gasteiger partial charge on any atom is 0.134 e. The van der Waals surface area contributed by atoms with Crippen LogP contribution < -0.4 is 5.32 Å². The van der Waals surface area contributed by atoms with Crippen molar-refractivity contribution in [1.29, 1.82) is 0 Å². The Morgan fingerprint density at radius 2 is 1.92 bits per heavy atom. The molecule has 1 N–H and O–H groups in total. The lowest BCUT2D eigenvalue weighted by Crippen LogP contribution is -2.41. The third kappa shape index (κ3) is 3.01. The van der Waals surface area contributed by atoms with Gasteiger partial charge in [-0.25, -0.2) is 0 Å². The molecule has 2 atom stereocenters. The second-order valence-corrected chi connectivity index (χ2v) is 5.78. The SMILES string of the molecule is CB(C)CC(C)(C)C1CCC(C)N1. The number of hydrogen-bond donors (Lipinski definition) is 1. The van der Waals surface area contributed by atoms with Gasteiger partial charge in [0, 0.05) is 12.1 Å². The molecule has 0 radical (unpaired) electrons. The van der Waals surface area contributed by atoms with Crippen LogP contribution in [0.2, 0.25) is 20.0 Å². The molecule has 1 aliphatic rings. The average Bonchev–Trinajstić information content (AvgIpc) is 2.32. The van der Waals surface area contributed by atoms with E-state index in [1.165, 1.54) is 19.2 Å². The van der Waals surface area contributed by atoms with E-state index in [-0.39, 0.29) is 0 Å². The number of nitrogens with one attached hydrogen (secondary N) is 1. The second kappa shape index (κ2) is 4.04. The van der Waals surface area contributed by atoms with Crippen LogP contribution in [0.25, 0.3) is 0 Å². The summed E-state index contributed by atoms with van der Waals surface area (Å²) in [5, 5.41) is 3.70. The molecule has 0 aromatic rings. The molecule has 2 heteroatoms. The maximum absolute atomic E-state index is 3.70. The molecule has 0 amide bonds. The maximum atomic E-state index is 3.70. The summed E-state index contributed by atoms with van der Waals surface area (Å²) in [4.78, 5) is 0. The van der Waals surface area contributed by atoms with Gasteiger partial charge in [0.05, 0.1) is 0 Å². The molecule has 1 nitrogen and oxygen atoms in total. The molecule has 76 valence electrons. The molecule has 1 heterocycles. The van der Waals surface area contributed by atoms with Crippen molar-refractivity contribution in [1.82, 2.24) is 5.32 Å². The molecule has 1 saturated heterocycles. The third-order valence-electron chi connectivity index (χ3n) is 3.25. The van der Waals surface area contributed by atoms with Gasteiger partial charge in [0.15, 0.2) is 0 Å². The van der Waals surface area contributed by atoms with Gasteiger partial charge < -0.3 is 5.32 Å². The van der Waals surface area contributed by atoms with E-state index in [0.29, 0.717) is 5.41 Å². The Kier molecular flexibility index (Phi) is 3.45. The van der Waals surface area contributed by atoms with Gasteiger partial charge in [-0.1, -0.05) is 33.8 Å². The molecule has 1 aliphatic heterocycles. The highest BCUT2D eigenvalue weighted by atomic mass is 15.0. The van der Waals surface area contributed by atoms with Gasteiger partial charge >= 0.3 is 0 Å². The van der Waals surface area contributed by atoms with Crippen LogP contribution >= 0.6 is 0 Å². The van der Waals surface area contributed by atoms with E-state index < -0.39 is 0 Å². The monoisotopic (exact) mass is 181 g/mol. The first-order chi connectivity index (χ1) is 5.92. The molecule has 2 unspecified atom stereocenters. The zero-order valence-corrected chi connectivity index (χ0v) is 9.85. The van der Waals surface area contributed by atoms with Crippen LogP contribution in [-0.2, 0) is 0 Å². The summed E-state index contributed by atoms with van der Waals surface area (Å²) in [6.45, 7) is 12.6. The van der Waals surface area contributed by atoms with Gasteiger partial charge in [-0.3, -0.25) is 0 Å². The van der Waals surface area contributed by atoms with Crippen molar-refractivity contribution < 1.29 is 0 Å². The van der Waals surface area contributed by atoms with Crippen molar-refractivity contribution in [3.8, 4) is 0 Å². The molecule has 13 heavy (non-hydrogen) atoms. The Labute approximate surface area is 83.8 Å². The number of hydrogen-bond acceptors (Lipinski definition) is 1. The highest BCUT2D eigenvalue weighted by Crippen LogP contribution is 2.33. The minimum atomic E-state index is 0.471. The van der Waals surface area contributed by atoms with Crippen molar-refractivity contribution >= 4 is 6.71 Å². The van der Waals surface area contributed by atoms with E-state index in [1.54, 1.807) is 0 Å². The largest absolute Gasteiger partial charge is 0.311 e. The lowest BCUT2D eigenvalue weighted by atomic mass is 9.46. The first-order valence-corrected chi connectivity index (χ1v) is 5.68. The summed E-state index contributed by atoms with van der Waals surface area (Å²) in [6.07, 6.45) is 4.05. The first-order valence-electron chi connectivity index (χ1n) is 5.68. The van der Waals surface area contributed by atoms with Crippen molar-refractivity contribution in [3.05, 3.63) is 0 Å². The van der Waals surface area contributed by atoms with Crippen LogP contribution in [0.5, 0.6) is 0 Å². The van der Waals surface area contributed by atoms with E-state index in [0.717, 1.165) is 18.8 Å². The van der Waals surface area contributed by atoms with Crippen LogP contribution in [0.1, 0.15) is 33.6 Å².